The molecule has 0 bridgehead atoms. The highest BCUT2D eigenvalue weighted by Crippen LogP contribution is 2.31. The summed E-state index contributed by atoms with van der Waals surface area (Å²) in [6.45, 7) is 5.23. The molecule has 0 spiro atoms. The molecule has 0 radical (unpaired) electrons. The summed E-state index contributed by atoms with van der Waals surface area (Å²) in [5.41, 5.74) is 10.3. The molecule has 21 heteroatoms. The van der Waals surface area contributed by atoms with Gasteiger partial charge >= 0.3 is 0 Å². The number of carbonyl (C=O) groups is 7. The fourth-order valence-electron chi connectivity index (χ4n) is 8.38. The van der Waals surface area contributed by atoms with Gasteiger partial charge in [0, 0.05) is 66.7 Å². The molecule has 72 heavy (non-hydrogen) atoms. The molecule has 2 atom stereocenters. The number of carbonyl (C=O) groups excluding carboxylic acids is 7. The van der Waals surface area contributed by atoms with Gasteiger partial charge in [0.15, 0.2) is 5.82 Å². The first-order valence-corrected chi connectivity index (χ1v) is 24.6. The molecule has 1 aromatic carbocycles. The number of piperidine rings is 1. The quantitative estimate of drug-likeness (QED) is 0.0257. The highest BCUT2D eigenvalue weighted by Gasteiger charge is 2.28. The Kier molecular flexibility index (Phi) is 20.0. The zero-order valence-corrected chi connectivity index (χ0v) is 41.3. The third-order valence-corrected chi connectivity index (χ3v) is 12.5. The predicted molar refractivity (Wildman–Crippen MR) is 270 cm³/mol. The van der Waals surface area contributed by atoms with Crippen LogP contribution in [0.2, 0.25) is 0 Å². The summed E-state index contributed by atoms with van der Waals surface area (Å²) in [7, 11) is 2.15. The number of rotatable bonds is 27. The van der Waals surface area contributed by atoms with Crippen molar-refractivity contribution in [2.24, 2.45) is 0 Å². The molecule has 1 unspecified atom stereocenters. The summed E-state index contributed by atoms with van der Waals surface area (Å²) in [6, 6.07) is 14.0. The lowest BCUT2D eigenvalue weighted by Crippen LogP contribution is -2.52. The van der Waals surface area contributed by atoms with Crippen LogP contribution >= 0.6 is 0 Å². The number of hydrogen-bond acceptors (Lipinski definition) is 15. The smallest absolute Gasteiger partial charge is 0.253 e. The Morgan fingerprint density at radius 3 is 2.22 bits per heavy atom. The third-order valence-electron chi connectivity index (χ3n) is 12.5. The molecule has 7 amide bonds. The van der Waals surface area contributed by atoms with E-state index in [0.717, 1.165) is 66.1 Å². The third kappa shape index (κ3) is 16.6. The average Bonchev–Trinajstić information content (AvgIpc) is 3.70. The summed E-state index contributed by atoms with van der Waals surface area (Å²) in [6.07, 6.45) is 12.6. The Bertz CT molecular complexity index is 2540. The van der Waals surface area contributed by atoms with Crippen molar-refractivity contribution in [1.29, 1.82) is 0 Å². The van der Waals surface area contributed by atoms with E-state index >= 15 is 0 Å². The number of fused-ring (bicyclic) bond motifs is 1. The van der Waals surface area contributed by atoms with Gasteiger partial charge in [0.1, 0.15) is 18.3 Å². The van der Waals surface area contributed by atoms with E-state index in [1.54, 1.807) is 30.5 Å². The summed E-state index contributed by atoms with van der Waals surface area (Å²) < 4.78 is 5.98. The number of ether oxygens (including phenoxy) is 1. The first-order chi connectivity index (χ1) is 34.7. The van der Waals surface area contributed by atoms with E-state index in [0.29, 0.717) is 48.5 Å². The summed E-state index contributed by atoms with van der Waals surface area (Å²) in [5, 5.41) is 16.3. The Hall–Kier alpha value is -7.39. The van der Waals surface area contributed by atoms with Crippen molar-refractivity contribution >= 4 is 64.1 Å². The lowest BCUT2D eigenvalue weighted by Gasteiger charge is -2.31. The van der Waals surface area contributed by atoms with Gasteiger partial charge in [-0.25, -0.2) is 4.98 Å². The van der Waals surface area contributed by atoms with Crippen LogP contribution in [0.1, 0.15) is 88.8 Å². The fourth-order valence-corrected chi connectivity index (χ4v) is 8.38. The van der Waals surface area contributed by atoms with Crippen LogP contribution in [0.25, 0.3) is 22.2 Å². The van der Waals surface area contributed by atoms with Gasteiger partial charge in [-0.05, 0) is 76.9 Å². The van der Waals surface area contributed by atoms with E-state index in [4.69, 9.17) is 20.4 Å². The molecule has 6 rings (SSSR count). The summed E-state index contributed by atoms with van der Waals surface area (Å²) in [4.78, 5) is 109. The van der Waals surface area contributed by atoms with Crippen molar-refractivity contribution in [3.63, 3.8) is 0 Å². The predicted octanol–water partition coefficient (Wildman–Crippen LogP) is 2.49. The molecule has 2 aliphatic heterocycles. The van der Waals surface area contributed by atoms with E-state index in [9.17, 15) is 33.6 Å². The van der Waals surface area contributed by atoms with Crippen molar-refractivity contribution in [3.05, 3.63) is 84.3 Å². The summed E-state index contributed by atoms with van der Waals surface area (Å²) in [5.74, 6) is -2.52. The van der Waals surface area contributed by atoms with Crippen LogP contribution < -0.4 is 37.6 Å². The van der Waals surface area contributed by atoms with Gasteiger partial charge in [-0.15, -0.1) is 0 Å². The van der Waals surface area contributed by atoms with Gasteiger partial charge < -0.3 is 47.3 Å². The Labute approximate surface area is 419 Å². The van der Waals surface area contributed by atoms with Gasteiger partial charge in [0.2, 0.25) is 35.5 Å². The van der Waals surface area contributed by atoms with E-state index in [2.05, 4.69) is 72.9 Å². The largest absolute Gasteiger partial charge is 0.368 e. The maximum atomic E-state index is 13.4. The normalized spacial score (nSPS) is 15.2. The zero-order valence-electron chi connectivity index (χ0n) is 41.3. The molecule has 4 aromatic rings. The lowest BCUT2D eigenvalue weighted by atomic mass is 9.93. The fraction of sp³-hybridized carbons (Fsp3) is 0.471. The minimum absolute atomic E-state index is 0.0804. The second-order valence-corrected chi connectivity index (χ2v) is 18.5. The average molecular weight is 990 g/mol. The minimum Gasteiger partial charge on any atom is -0.368 e. The minimum atomic E-state index is -1.09. The molecule has 0 saturated carbocycles. The molecule has 384 valence electrons. The molecule has 21 nitrogen and oxygen atoms in total. The zero-order chi connectivity index (χ0) is 51.5. The number of hydrogen-bond donors (Lipinski definition) is 7. The van der Waals surface area contributed by atoms with Crippen LogP contribution in [0.15, 0.2) is 73.1 Å². The SMILES string of the molecule is CCCCC(C)(COCNC(=O)CNC(=O)[C@H](Cc1ccccc1)NC(=O)CNC(=O)CNC(=O)CCCCCN1C(=O)C=CC1=O)Nc1nc(N)nc2cc(-c3ccc(C4CCN(C)CC4)nc3)cnc12. The number of aromatic nitrogens is 4. The molecule has 2 aliphatic rings. The number of amides is 7. The number of likely N-dealkylation sites (tertiary alicyclic amines) is 1. The molecular weight excluding hydrogens is 923 g/mol. The van der Waals surface area contributed by atoms with Crippen LogP contribution in [0, 0.1) is 0 Å². The van der Waals surface area contributed by atoms with E-state index in [1.807, 2.05) is 25.3 Å². The van der Waals surface area contributed by atoms with Crippen LogP contribution in [0.4, 0.5) is 11.8 Å². The number of unbranched alkanes of at least 4 members (excludes halogenated alkanes) is 3. The number of pyridine rings is 2. The van der Waals surface area contributed by atoms with Crippen molar-refractivity contribution in [2.45, 2.75) is 95.6 Å². The van der Waals surface area contributed by atoms with Crippen LogP contribution in [0.5, 0.6) is 0 Å². The number of benzene rings is 1. The molecule has 5 heterocycles. The lowest BCUT2D eigenvalue weighted by molar-refractivity contribution is -0.137. The number of nitrogens with two attached hydrogens (primary N) is 1. The highest BCUT2D eigenvalue weighted by molar-refractivity contribution is 6.12. The first-order valence-electron chi connectivity index (χ1n) is 24.6. The number of nitrogens with one attached hydrogen (secondary N) is 6. The van der Waals surface area contributed by atoms with Crippen molar-refractivity contribution in [2.75, 3.05) is 70.7 Å². The Balaban J connectivity index is 0.938. The van der Waals surface area contributed by atoms with Gasteiger partial charge in [-0.2, -0.15) is 4.98 Å². The maximum absolute atomic E-state index is 13.4. The van der Waals surface area contributed by atoms with E-state index < -0.39 is 48.3 Å². The number of nitrogen functional groups attached to an aromatic ring is 1. The van der Waals surface area contributed by atoms with Gasteiger partial charge in [-0.3, -0.25) is 48.4 Å². The van der Waals surface area contributed by atoms with Gasteiger partial charge in [0.25, 0.3) is 11.8 Å². The second-order valence-electron chi connectivity index (χ2n) is 18.5. The standard InChI is InChI=1S/C51H67N13O8/c1-4-5-21-51(2,62-48-47-39(60-50(52)61-48)26-37(28-56-47)36-15-16-38(53-27-36)35-19-23-63(3)24-20-35)32-72-33-58-43(67)30-57-49(71)40(25-34-12-8-6-9-13-34)59-44(68)31-55-42(66)29-54-41(65)14-10-7-11-22-64-45(69)17-18-46(64)70/h6,8-9,12-13,15-18,26-28,35,40H,4-5,7,10-11,14,19-25,29-33H2,1-3H3,(H,54,65)(H,55,66)(H,57,71)(H,58,67)(H,59,68)(H3,52,60,61,62)/t40-,51?/m0/s1. The molecular formula is C51H67N13O8. The first kappa shape index (κ1) is 54.0. The number of anilines is 2. The molecule has 3 aromatic heterocycles. The maximum Gasteiger partial charge on any atom is 0.253 e. The van der Waals surface area contributed by atoms with Crippen LogP contribution in [0.3, 0.4) is 0 Å². The second kappa shape index (κ2) is 26.7. The van der Waals surface area contributed by atoms with Crippen LogP contribution in [-0.4, -0.2) is 142 Å². The molecule has 1 fully saturated rings. The van der Waals surface area contributed by atoms with E-state index in [1.165, 1.54) is 12.2 Å². The topological polar surface area (TPSA) is 285 Å². The highest BCUT2D eigenvalue weighted by atomic mass is 16.5. The molecule has 8 N–H and O–H groups in total. The Morgan fingerprint density at radius 1 is 0.806 bits per heavy atom. The monoisotopic (exact) mass is 990 g/mol. The van der Waals surface area contributed by atoms with Gasteiger partial charge in [0.05, 0.1) is 37.3 Å². The molecule has 0 aliphatic carbocycles. The van der Waals surface area contributed by atoms with Crippen molar-refractivity contribution in [3.8, 4) is 11.1 Å². The van der Waals surface area contributed by atoms with Crippen LogP contribution in [-0.2, 0) is 44.7 Å². The van der Waals surface area contributed by atoms with Crippen molar-refractivity contribution < 1.29 is 38.3 Å². The van der Waals surface area contributed by atoms with Crippen molar-refractivity contribution in [1.82, 2.24) is 56.3 Å². The summed E-state index contributed by atoms with van der Waals surface area (Å²) >= 11 is 0. The van der Waals surface area contributed by atoms with Gasteiger partial charge in [-0.1, -0.05) is 62.6 Å². The number of imide groups is 1. The Morgan fingerprint density at radius 2 is 1.50 bits per heavy atom. The van der Waals surface area contributed by atoms with E-state index in [-0.39, 0.29) is 62.9 Å². The molecule has 1 saturated heterocycles. The number of nitrogens with zero attached hydrogens (tertiary/aromatic N) is 6.